The van der Waals surface area contributed by atoms with Crippen LogP contribution in [0.25, 0.3) is 65.3 Å². The molecule has 11 aromatic rings. The van der Waals surface area contributed by atoms with Crippen molar-refractivity contribution < 1.29 is 52.8 Å². The highest BCUT2D eigenvalue weighted by Crippen LogP contribution is 2.63. The van der Waals surface area contributed by atoms with E-state index in [9.17, 15) is 10.2 Å². The Morgan fingerprint density at radius 2 is 0.862 bits per heavy atom. The van der Waals surface area contributed by atoms with E-state index < -0.39 is 11.7 Å². The maximum atomic E-state index is 10.8. The lowest BCUT2D eigenvalue weighted by Crippen LogP contribution is -2.54. The number of hydrogen-bond acceptors (Lipinski definition) is 16. The predicted octanol–water partition coefficient (Wildman–Crippen LogP) is 16.3. The molecule has 11 aromatic carbocycles. The van der Waals surface area contributed by atoms with Crippen molar-refractivity contribution in [2.75, 3.05) is 135 Å². The van der Waals surface area contributed by atoms with Gasteiger partial charge in [0.15, 0.2) is 57.5 Å². The van der Waals surface area contributed by atoms with E-state index in [-0.39, 0.29) is 11.7 Å². The summed E-state index contributed by atoms with van der Waals surface area (Å²) in [5.74, 6) is 8.01. The number of benzene rings is 11. The number of anilines is 2. The number of rotatable bonds is 8. The van der Waals surface area contributed by atoms with Crippen LogP contribution in [0, 0.1) is 5.92 Å². The standard InChI is InChI=1S/C19H21NO2.2C19H19NO2.C18H21NO3.C18H19NO2/c3*1-20-10-9-12-5-4-6-14-17(12)15(20)11-13-7-8-16(21-2)19(22-3)18(13)14;1-19-8-7-18-14(20)6-4-11-12(19)9-10-3-5-13(21-2)17(22-18)15(10)16(11)18;1-19-9-8-11-4-3-5-13-16(11)14(19)10-12-6-7-15(21-2)18(20)17(12)13/h4-8,15H,9-11H2,1-3H3;2*4-8,11H,9-10H2,1-3H3;3-6,11-12,14,16,20H,7-9H2,1-2H3;3-7,14,20H,8-10H2,1-2H3/t15-;;;11-,12?,14-,16?,18-;14-/m1..01/s1. The monoisotopic (exact) mass is 1460 g/mol. The molecule has 16 heteroatoms. The Bertz CT molecular complexity index is 5310. The van der Waals surface area contributed by atoms with Crippen molar-refractivity contribution >= 4 is 54.5 Å². The van der Waals surface area contributed by atoms with Gasteiger partial charge in [-0.15, -0.1) is 0 Å². The second-order valence-electron chi connectivity index (χ2n) is 30.9. The number of nitrogens with zero attached hydrogens (tertiary/aromatic N) is 5. The molecule has 562 valence electrons. The summed E-state index contributed by atoms with van der Waals surface area (Å²) in [5.41, 5.74) is 20.5. The highest BCUT2D eigenvalue weighted by Gasteiger charge is 2.63. The molecule has 6 heterocycles. The second-order valence-corrected chi connectivity index (χ2v) is 30.9. The first-order valence-electron chi connectivity index (χ1n) is 38.4. The van der Waals surface area contributed by atoms with E-state index in [1.807, 2.05) is 36.4 Å². The summed E-state index contributed by atoms with van der Waals surface area (Å²) in [4.78, 5) is 12.0. The minimum absolute atomic E-state index is 0.247. The lowest BCUT2D eigenvalue weighted by Gasteiger charge is -2.45. The number of phenolic OH excluding ortho intramolecular Hbond substituents is 1. The number of likely N-dealkylation sites (tertiary alicyclic amines) is 1. The Hall–Kier alpha value is -10.4. The van der Waals surface area contributed by atoms with Gasteiger partial charge in [0.25, 0.3) is 0 Å². The van der Waals surface area contributed by atoms with Crippen LogP contribution in [0.2, 0.25) is 0 Å². The minimum atomic E-state index is -0.552. The van der Waals surface area contributed by atoms with E-state index in [2.05, 4.69) is 181 Å². The number of ether oxygens (including phenoxy) is 9. The van der Waals surface area contributed by atoms with Gasteiger partial charge in [-0.2, -0.15) is 0 Å². The average molecular weight is 1460 g/mol. The van der Waals surface area contributed by atoms with E-state index in [4.69, 9.17) is 42.6 Å². The summed E-state index contributed by atoms with van der Waals surface area (Å²) in [6, 6.07) is 52.7. The highest BCUT2D eigenvalue weighted by atomic mass is 16.5. The fourth-order valence-corrected chi connectivity index (χ4v) is 20.2. The predicted molar refractivity (Wildman–Crippen MR) is 436 cm³/mol. The summed E-state index contributed by atoms with van der Waals surface area (Å²) in [5, 5.41) is 31.2. The van der Waals surface area contributed by atoms with Crippen LogP contribution in [0.1, 0.15) is 80.1 Å². The minimum Gasteiger partial charge on any atom is -0.504 e. The molecule has 2 unspecified atom stereocenters. The molecular weight excluding hydrogens is 1360 g/mol. The molecule has 0 spiro atoms. The molecule has 2 N–H and O–H groups in total. The molecule has 109 heavy (non-hydrogen) atoms. The summed E-state index contributed by atoms with van der Waals surface area (Å²) < 4.78 is 50.8. The van der Waals surface area contributed by atoms with Gasteiger partial charge in [-0.25, -0.2) is 0 Å². The SMILES string of the molecule is COc1ccc2c(c1O)-c1cccc3c1[C@@H](C2)N(C)CC3.COc1ccc2c(c1OC)-c1cccc3c1[C@@H](C2)N(C)CC3.COc1ccc2c3c1O[C@@]14CCN(C)C(C2)[C@H](C=C[C@@H]1O)C34.COc1ccc2cc3c4c(cccc4c2c1OC)CCN3C.COc1ccc2cc3c4c(cccc4c2c1OC)CCN3C. The van der Waals surface area contributed by atoms with Gasteiger partial charge < -0.3 is 67.5 Å². The Balaban J connectivity index is 0.0000000996. The maximum Gasteiger partial charge on any atom is 0.169 e. The molecule has 4 bridgehead atoms. The number of aliphatic hydroxyl groups excluding tert-OH is 1. The van der Waals surface area contributed by atoms with Gasteiger partial charge in [-0.3, -0.25) is 9.80 Å². The smallest absolute Gasteiger partial charge is 0.169 e. The largest absolute Gasteiger partial charge is 0.504 e. The molecule has 0 radical (unpaired) electrons. The lowest BCUT2D eigenvalue weighted by atomic mass is 9.62. The average Bonchev–Trinajstić information content (AvgIpc) is 1.54. The molecule has 0 amide bonds. The molecule has 7 atom stereocenters. The summed E-state index contributed by atoms with van der Waals surface area (Å²) in [6.07, 6.45) is 11.9. The van der Waals surface area contributed by atoms with Crippen molar-refractivity contribution in [3.63, 3.8) is 0 Å². The van der Waals surface area contributed by atoms with Crippen molar-refractivity contribution in [3.05, 3.63) is 213 Å². The van der Waals surface area contributed by atoms with Crippen molar-refractivity contribution in [2.24, 2.45) is 5.92 Å². The maximum absolute atomic E-state index is 10.8. The van der Waals surface area contributed by atoms with Gasteiger partial charge in [0.2, 0.25) is 0 Å². The quantitative estimate of drug-likeness (QED) is 0.110. The highest BCUT2D eigenvalue weighted by molar-refractivity contribution is 6.19. The number of aromatic hydroxyl groups is 1. The first kappa shape index (κ1) is 71.6. The van der Waals surface area contributed by atoms with Crippen molar-refractivity contribution in [1.29, 1.82) is 0 Å². The van der Waals surface area contributed by atoms with E-state index in [1.165, 1.54) is 116 Å². The van der Waals surface area contributed by atoms with Crippen LogP contribution in [0.15, 0.2) is 158 Å². The third-order valence-corrected chi connectivity index (χ3v) is 25.7. The normalized spacial score (nSPS) is 21.5. The molecule has 6 aliphatic heterocycles. The summed E-state index contributed by atoms with van der Waals surface area (Å²) in [6.45, 7) is 5.30. The molecule has 0 saturated carbocycles. The zero-order valence-electron chi connectivity index (χ0n) is 65.0. The van der Waals surface area contributed by atoms with Crippen LogP contribution < -0.4 is 52.4 Å². The van der Waals surface area contributed by atoms with Crippen LogP contribution in [-0.2, 0) is 44.9 Å². The van der Waals surface area contributed by atoms with Gasteiger partial charge in [0, 0.05) is 133 Å². The lowest BCUT2D eigenvalue weighted by molar-refractivity contribution is -0.0494. The molecule has 0 aromatic heterocycles. The fourth-order valence-electron chi connectivity index (χ4n) is 20.2. The Labute approximate surface area is 639 Å². The van der Waals surface area contributed by atoms with Crippen LogP contribution in [-0.4, -0.2) is 168 Å². The van der Waals surface area contributed by atoms with Crippen molar-refractivity contribution in [2.45, 2.75) is 87.1 Å². The van der Waals surface area contributed by atoms with Crippen molar-refractivity contribution in [3.8, 4) is 79.7 Å². The van der Waals surface area contributed by atoms with E-state index in [1.54, 1.807) is 56.9 Å². The molecule has 16 nitrogen and oxygen atoms in total. The first-order chi connectivity index (χ1) is 53.1. The van der Waals surface area contributed by atoms with Crippen LogP contribution in [0.3, 0.4) is 0 Å². The Kier molecular flexibility index (Phi) is 18.8. The number of methoxy groups -OCH3 is 8. The van der Waals surface area contributed by atoms with E-state index in [0.717, 1.165) is 146 Å². The fraction of sp³-hybridized carbons (Fsp3) is 0.355. The van der Waals surface area contributed by atoms with E-state index in [0.29, 0.717) is 29.8 Å². The number of hydrogen-bond donors (Lipinski definition) is 2. The first-order valence-corrected chi connectivity index (χ1v) is 38.4. The van der Waals surface area contributed by atoms with Gasteiger partial charge in [-0.1, -0.05) is 115 Å². The zero-order chi connectivity index (χ0) is 75.4. The van der Waals surface area contributed by atoms with Gasteiger partial charge >= 0.3 is 0 Å². The third-order valence-electron chi connectivity index (χ3n) is 25.7. The molecule has 1 saturated heterocycles. The summed E-state index contributed by atoms with van der Waals surface area (Å²) in [7, 11) is 24.4. The van der Waals surface area contributed by atoms with Crippen molar-refractivity contribution in [1.82, 2.24) is 14.7 Å². The molecule has 1 fully saturated rings. The molecular formula is C93H99N5O11. The van der Waals surface area contributed by atoms with Crippen LogP contribution >= 0.6 is 0 Å². The molecule has 21 rings (SSSR count). The Morgan fingerprint density at radius 1 is 0.404 bits per heavy atom. The van der Waals surface area contributed by atoms with Gasteiger partial charge in [0.1, 0.15) is 11.7 Å². The van der Waals surface area contributed by atoms with Crippen LogP contribution in [0.5, 0.6) is 57.5 Å². The zero-order valence-corrected chi connectivity index (χ0v) is 65.0. The number of fused-ring (bicyclic) bond motifs is 8. The van der Waals surface area contributed by atoms with Gasteiger partial charge in [0.05, 0.1) is 56.9 Å². The third kappa shape index (κ3) is 11.5. The number of phenols is 1. The second kappa shape index (κ2) is 28.6. The summed E-state index contributed by atoms with van der Waals surface area (Å²) >= 11 is 0. The van der Waals surface area contributed by atoms with Crippen LogP contribution in [0.4, 0.5) is 11.4 Å². The number of likely N-dealkylation sites (N-methyl/N-ethyl adjacent to an activating group) is 5. The van der Waals surface area contributed by atoms with Gasteiger partial charge in [-0.05, 0) is 191 Å². The Morgan fingerprint density at radius 3 is 1.39 bits per heavy atom. The molecule has 10 aliphatic rings. The van der Waals surface area contributed by atoms with E-state index >= 15 is 0 Å². The number of aliphatic hydroxyl groups is 1. The topological polar surface area (TPSA) is 140 Å². The molecule has 4 aliphatic carbocycles.